The maximum Gasteiger partial charge on any atom is 0.0896 e. The molecule has 1 aromatic carbocycles. The van der Waals surface area contributed by atoms with Crippen molar-refractivity contribution in [2.24, 2.45) is 0 Å². The summed E-state index contributed by atoms with van der Waals surface area (Å²) in [5, 5.41) is 3.22. The van der Waals surface area contributed by atoms with Gasteiger partial charge >= 0.3 is 0 Å². The SMILES string of the molecule is CNCC1OCCN(C)C1c1ccc(SC)cc1. The number of nitrogens with zero attached hydrogens (tertiary/aromatic N) is 1. The van der Waals surface area contributed by atoms with Crippen LogP contribution in [0.4, 0.5) is 0 Å². The van der Waals surface area contributed by atoms with Gasteiger partial charge in [0, 0.05) is 18.0 Å². The first-order valence-corrected chi connectivity index (χ1v) is 7.59. The van der Waals surface area contributed by atoms with E-state index in [1.165, 1.54) is 10.5 Å². The predicted molar refractivity (Wildman–Crippen MR) is 77.3 cm³/mol. The summed E-state index contributed by atoms with van der Waals surface area (Å²) in [6, 6.07) is 9.19. The third kappa shape index (κ3) is 3.06. The summed E-state index contributed by atoms with van der Waals surface area (Å²) >= 11 is 1.78. The first-order chi connectivity index (χ1) is 8.76. The van der Waals surface area contributed by atoms with Crippen LogP contribution in [0.15, 0.2) is 29.2 Å². The number of likely N-dealkylation sites (N-methyl/N-ethyl adjacent to an activating group) is 2. The van der Waals surface area contributed by atoms with Gasteiger partial charge in [-0.3, -0.25) is 4.90 Å². The average molecular weight is 266 g/mol. The van der Waals surface area contributed by atoms with E-state index in [4.69, 9.17) is 4.74 Å². The number of rotatable bonds is 4. The molecule has 0 aliphatic carbocycles. The molecule has 2 rings (SSSR count). The summed E-state index contributed by atoms with van der Waals surface area (Å²) in [7, 11) is 4.16. The van der Waals surface area contributed by atoms with Gasteiger partial charge in [0.1, 0.15) is 0 Å². The Kier molecular flexibility index (Phi) is 5.06. The van der Waals surface area contributed by atoms with Crippen LogP contribution in [0.5, 0.6) is 0 Å². The van der Waals surface area contributed by atoms with Gasteiger partial charge in [-0.25, -0.2) is 0 Å². The smallest absolute Gasteiger partial charge is 0.0896 e. The first kappa shape index (κ1) is 13.9. The molecule has 1 fully saturated rings. The van der Waals surface area contributed by atoms with Crippen molar-refractivity contribution in [2.75, 3.05) is 40.0 Å². The first-order valence-electron chi connectivity index (χ1n) is 6.36. The van der Waals surface area contributed by atoms with E-state index >= 15 is 0 Å². The molecule has 1 aliphatic rings. The van der Waals surface area contributed by atoms with Gasteiger partial charge < -0.3 is 10.1 Å². The molecule has 2 unspecified atom stereocenters. The highest BCUT2D eigenvalue weighted by molar-refractivity contribution is 7.98. The largest absolute Gasteiger partial charge is 0.374 e. The van der Waals surface area contributed by atoms with Crippen molar-refractivity contribution in [3.8, 4) is 0 Å². The summed E-state index contributed by atoms with van der Waals surface area (Å²) < 4.78 is 5.90. The summed E-state index contributed by atoms with van der Waals surface area (Å²) in [4.78, 5) is 3.70. The molecular formula is C14H22N2OS. The molecule has 0 amide bonds. The highest BCUT2D eigenvalue weighted by atomic mass is 32.2. The summed E-state index contributed by atoms with van der Waals surface area (Å²) in [5.74, 6) is 0. The Hall–Kier alpha value is -0.550. The quantitative estimate of drug-likeness (QED) is 0.843. The highest BCUT2D eigenvalue weighted by Crippen LogP contribution is 2.29. The lowest BCUT2D eigenvalue weighted by Crippen LogP contribution is -2.46. The van der Waals surface area contributed by atoms with Crippen molar-refractivity contribution in [3.63, 3.8) is 0 Å². The zero-order valence-electron chi connectivity index (χ0n) is 11.3. The van der Waals surface area contributed by atoms with E-state index in [1.807, 2.05) is 7.05 Å². The molecule has 3 nitrogen and oxygen atoms in total. The van der Waals surface area contributed by atoms with E-state index in [2.05, 4.69) is 47.8 Å². The van der Waals surface area contributed by atoms with E-state index < -0.39 is 0 Å². The summed E-state index contributed by atoms with van der Waals surface area (Å²) in [6.45, 7) is 2.71. The van der Waals surface area contributed by atoms with E-state index in [0.717, 1.165) is 19.7 Å². The second-order valence-electron chi connectivity index (χ2n) is 4.67. The number of benzene rings is 1. The average Bonchev–Trinajstić information content (AvgIpc) is 2.40. The van der Waals surface area contributed by atoms with Crippen LogP contribution >= 0.6 is 11.8 Å². The van der Waals surface area contributed by atoms with Crippen molar-refractivity contribution in [1.82, 2.24) is 10.2 Å². The van der Waals surface area contributed by atoms with Crippen LogP contribution in [0.3, 0.4) is 0 Å². The third-order valence-corrected chi connectivity index (χ3v) is 4.21. The predicted octanol–water partition coefficient (Wildman–Crippen LogP) is 2.00. The lowest BCUT2D eigenvalue weighted by Gasteiger charge is -2.39. The number of morpholine rings is 1. The zero-order chi connectivity index (χ0) is 13.0. The molecule has 2 atom stereocenters. The van der Waals surface area contributed by atoms with Crippen molar-refractivity contribution < 1.29 is 4.74 Å². The lowest BCUT2D eigenvalue weighted by molar-refractivity contribution is -0.0606. The lowest BCUT2D eigenvalue weighted by atomic mass is 9.98. The van der Waals surface area contributed by atoms with Gasteiger partial charge in [0.15, 0.2) is 0 Å². The Bertz CT molecular complexity index is 367. The number of ether oxygens (including phenoxy) is 1. The molecular weight excluding hydrogens is 244 g/mol. The highest BCUT2D eigenvalue weighted by Gasteiger charge is 2.30. The van der Waals surface area contributed by atoms with E-state index in [0.29, 0.717) is 6.04 Å². The maximum absolute atomic E-state index is 5.90. The van der Waals surface area contributed by atoms with Crippen LogP contribution in [0.25, 0.3) is 0 Å². The molecule has 0 bridgehead atoms. The van der Waals surface area contributed by atoms with Crippen molar-refractivity contribution >= 4 is 11.8 Å². The van der Waals surface area contributed by atoms with Gasteiger partial charge in [-0.05, 0) is 38.0 Å². The molecule has 1 saturated heterocycles. The monoisotopic (exact) mass is 266 g/mol. The molecule has 1 heterocycles. The van der Waals surface area contributed by atoms with Crippen molar-refractivity contribution in [3.05, 3.63) is 29.8 Å². The van der Waals surface area contributed by atoms with Crippen LogP contribution in [0.1, 0.15) is 11.6 Å². The van der Waals surface area contributed by atoms with Crippen LogP contribution in [-0.2, 0) is 4.74 Å². The second-order valence-corrected chi connectivity index (χ2v) is 5.55. The fraction of sp³-hybridized carbons (Fsp3) is 0.571. The van der Waals surface area contributed by atoms with Crippen LogP contribution in [-0.4, -0.2) is 51.1 Å². The minimum Gasteiger partial charge on any atom is -0.374 e. The molecule has 0 radical (unpaired) electrons. The maximum atomic E-state index is 5.90. The Labute approximate surface area is 114 Å². The molecule has 1 aliphatic heterocycles. The van der Waals surface area contributed by atoms with Gasteiger partial charge in [-0.2, -0.15) is 0 Å². The zero-order valence-corrected chi connectivity index (χ0v) is 12.2. The van der Waals surface area contributed by atoms with Gasteiger partial charge in [-0.15, -0.1) is 11.8 Å². The van der Waals surface area contributed by atoms with E-state index in [9.17, 15) is 0 Å². The summed E-state index contributed by atoms with van der Waals surface area (Å²) in [5.41, 5.74) is 1.34. The molecule has 4 heteroatoms. The third-order valence-electron chi connectivity index (χ3n) is 3.47. The van der Waals surface area contributed by atoms with Crippen LogP contribution < -0.4 is 5.32 Å². The van der Waals surface area contributed by atoms with Gasteiger partial charge in [0.2, 0.25) is 0 Å². The molecule has 100 valence electrons. The number of nitrogens with one attached hydrogen (secondary N) is 1. The minimum atomic E-state index is 0.230. The van der Waals surface area contributed by atoms with Crippen LogP contribution in [0, 0.1) is 0 Å². The molecule has 0 aromatic heterocycles. The normalized spacial score (nSPS) is 25.3. The Morgan fingerprint density at radius 1 is 1.39 bits per heavy atom. The number of hydrogen-bond acceptors (Lipinski definition) is 4. The fourth-order valence-electron chi connectivity index (χ4n) is 2.50. The minimum absolute atomic E-state index is 0.230. The Morgan fingerprint density at radius 2 is 2.11 bits per heavy atom. The molecule has 1 N–H and O–H groups in total. The topological polar surface area (TPSA) is 24.5 Å². The molecule has 1 aromatic rings. The molecule has 18 heavy (non-hydrogen) atoms. The Balaban J connectivity index is 2.19. The van der Waals surface area contributed by atoms with Crippen LogP contribution in [0.2, 0.25) is 0 Å². The van der Waals surface area contributed by atoms with Gasteiger partial charge in [0.25, 0.3) is 0 Å². The van der Waals surface area contributed by atoms with E-state index in [-0.39, 0.29) is 6.10 Å². The standard InChI is InChI=1S/C14H22N2OS/c1-15-10-13-14(16(2)8-9-17-13)11-4-6-12(18-3)7-5-11/h4-7,13-15H,8-10H2,1-3H3. The fourth-order valence-corrected chi connectivity index (χ4v) is 2.91. The van der Waals surface area contributed by atoms with Gasteiger partial charge in [0.05, 0.1) is 18.8 Å². The molecule has 0 spiro atoms. The molecule has 0 saturated carbocycles. The van der Waals surface area contributed by atoms with Crippen molar-refractivity contribution in [2.45, 2.75) is 17.0 Å². The number of thioether (sulfide) groups is 1. The Morgan fingerprint density at radius 3 is 2.72 bits per heavy atom. The van der Waals surface area contributed by atoms with E-state index in [1.54, 1.807) is 11.8 Å². The second kappa shape index (κ2) is 6.57. The summed E-state index contributed by atoms with van der Waals surface area (Å²) in [6.07, 6.45) is 2.34. The number of hydrogen-bond donors (Lipinski definition) is 1. The van der Waals surface area contributed by atoms with Gasteiger partial charge in [-0.1, -0.05) is 12.1 Å². The van der Waals surface area contributed by atoms with Crippen molar-refractivity contribution in [1.29, 1.82) is 0 Å².